The smallest absolute Gasteiger partial charge is 0.442 e. The molecule has 54 heavy (non-hydrogen) atoms. The Labute approximate surface area is 313 Å². The molecule has 4 aromatic rings. The van der Waals surface area contributed by atoms with Gasteiger partial charge < -0.3 is 9.47 Å². The number of carbonyl (C=O) groups excluding carboxylic acids is 1. The van der Waals surface area contributed by atoms with Crippen LogP contribution < -0.4 is 9.04 Å². The van der Waals surface area contributed by atoms with E-state index in [4.69, 9.17) is 21.1 Å². The predicted octanol–water partition coefficient (Wildman–Crippen LogP) is 7.48. The van der Waals surface area contributed by atoms with E-state index in [1.807, 2.05) is 0 Å². The van der Waals surface area contributed by atoms with Crippen molar-refractivity contribution < 1.29 is 45.5 Å². The minimum absolute atomic E-state index is 0.0143. The fourth-order valence-electron chi connectivity index (χ4n) is 5.00. The molecule has 1 amide bonds. The molecule has 1 heterocycles. The maximum atomic E-state index is 15.0. The summed E-state index contributed by atoms with van der Waals surface area (Å²) in [7, 11) is -8.11. The van der Waals surface area contributed by atoms with E-state index in [0.717, 1.165) is 48.7 Å². The molecule has 16 nitrogen and oxygen atoms in total. The van der Waals surface area contributed by atoms with E-state index in [0.29, 0.717) is 4.31 Å². The first-order valence-electron chi connectivity index (χ1n) is 15.7. The fraction of sp³-hybridized carbons (Fsp3) is 0.303. The molecule has 0 aliphatic rings. The summed E-state index contributed by atoms with van der Waals surface area (Å²) < 4.78 is 86.3. The summed E-state index contributed by atoms with van der Waals surface area (Å²) in [6, 6.07) is 10.9. The number of nitrogens with zero attached hydrogens (tertiary/aromatic N) is 6. The first-order chi connectivity index (χ1) is 25.2. The molecule has 21 heteroatoms. The molecule has 1 unspecified atom stereocenters. The van der Waals surface area contributed by atoms with Gasteiger partial charge in [-0.15, -0.1) is 4.36 Å². The third-order valence-corrected chi connectivity index (χ3v) is 10.6. The second-order valence-corrected chi connectivity index (χ2v) is 17.2. The van der Waals surface area contributed by atoms with Crippen LogP contribution in [0.5, 0.6) is 5.75 Å². The number of anilines is 1. The number of halogens is 3. The van der Waals surface area contributed by atoms with Crippen molar-refractivity contribution in [2.45, 2.75) is 49.9 Å². The molecule has 0 saturated heterocycles. The zero-order valence-electron chi connectivity index (χ0n) is 29.1. The Morgan fingerprint density at radius 2 is 1.70 bits per heavy atom. The molecule has 0 N–H and O–H groups in total. The molecular formula is C33H33ClF2N6O10S2. The van der Waals surface area contributed by atoms with Gasteiger partial charge in [-0.2, -0.15) is 0 Å². The lowest BCUT2D eigenvalue weighted by Gasteiger charge is -2.27. The van der Waals surface area contributed by atoms with Crippen LogP contribution in [0.25, 0.3) is 11.3 Å². The lowest BCUT2D eigenvalue weighted by Crippen LogP contribution is -2.33. The van der Waals surface area contributed by atoms with Crippen LogP contribution in [0.3, 0.4) is 0 Å². The van der Waals surface area contributed by atoms with Crippen molar-refractivity contribution in [2.24, 2.45) is 4.36 Å². The molecule has 1 aromatic heterocycles. The molecule has 0 bridgehead atoms. The Kier molecular flexibility index (Phi) is 12.9. The summed E-state index contributed by atoms with van der Waals surface area (Å²) in [4.78, 5) is 40.7. The van der Waals surface area contributed by atoms with Gasteiger partial charge in [-0.3, -0.25) is 24.5 Å². The number of amides is 1. The number of sulfonamides is 1. The molecule has 0 fully saturated rings. The summed E-state index contributed by atoms with van der Waals surface area (Å²) in [5, 5.41) is 23.1. The Morgan fingerprint density at radius 3 is 2.37 bits per heavy atom. The zero-order valence-corrected chi connectivity index (χ0v) is 31.5. The number of hydrogen-bond donors (Lipinski definition) is 0. The highest BCUT2D eigenvalue weighted by atomic mass is 35.5. The van der Waals surface area contributed by atoms with Gasteiger partial charge >= 0.3 is 6.09 Å². The third kappa shape index (κ3) is 10.9. The number of aromatic nitrogens is 2. The number of unbranched alkanes of at least 4 members (excludes halogenated alkanes) is 1. The molecular weight excluding hydrogens is 778 g/mol. The summed E-state index contributed by atoms with van der Waals surface area (Å²) in [5.74, 6) is -2.31. The van der Waals surface area contributed by atoms with Crippen LogP contribution in [0.2, 0.25) is 5.28 Å². The van der Waals surface area contributed by atoms with Crippen molar-refractivity contribution in [3.63, 3.8) is 0 Å². The van der Waals surface area contributed by atoms with E-state index >= 15 is 0 Å². The largest absolute Gasteiger partial charge is 0.493 e. The van der Waals surface area contributed by atoms with Crippen LogP contribution in [0.15, 0.2) is 76.1 Å². The predicted molar refractivity (Wildman–Crippen MR) is 194 cm³/mol. The number of hydrogen-bond acceptors (Lipinski definition) is 12. The minimum atomic E-state index is -4.86. The number of rotatable bonds is 14. The second kappa shape index (κ2) is 16.8. The van der Waals surface area contributed by atoms with Gasteiger partial charge in [0.2, 0.25) is 5.28 Å². The molecule has 0 radical (unpaired) electrons. The Hall–Kier alpha value is -5.34. The summed E-state index contributed by atoms with van der Waals surface area (Å²) in [5.41, 5.74) is -3.00. The number of benzene rings is 3. The summed E-state index contributed by atoms with van der Waals surface area (Å²) in [6.45, 7) is 4.20. The number of para-hydroxylation sites is 1. The van der Waals surface area contributed by atoms with E-state index < -0.39 is 92.4 Å². The highest BCUT2D eigenvalue weighted by Crippen LogP contribution is 2.37. The van der Waals surface area contributed by atoms with Gasteiger partial charge in [-0.1, -0.05) is 12.1 Å². The van der Waals surface area contributed by atoms with Gasteiger partial charge in [-0.05, 0) is 81.1 Å². The number of non-ortho nitro benzene ring substituents is 1. The van der Waals surface area contributed by atoms with Gasteiger partial charge in [0.25, 0.3) is 21.4 Å². The SMILES string of the molecule is CC(C)(C)OC(=O)N=S(C)(=O)Cc1cc(OCCCCN(c2cc(F)ccc2-c2nc(Cl)ncc2F)S(=O)(=O)c2ccccc2[N+](=O)[O-])cc([N+](=O)[O-])c1. The van der Waals surface area contributed by atoms with Crippen LogP contribution in [0.1, 0.15) is 39.2 Å². The summed E-state index contributed by atoms with van der Waals surface area (Å²) >= 11 is 5.89. The normalized spacial score (nSPS) is 12.7. The molecule has 288 valence electrons. The van der Waals surface area contributed by atoms with Crippen LogP contribution in [-0.2, 0) is 30.2 Å². The van der Waals surface area contributed by atoms with Crippen molar-refractivity contribution in [1.82, 2.24) is 9.97 Å². The van der Waals surface area contributed by atoms with Gasteiger partial charge in [0.1, 0.15) is 22.9 Å². The van der Waals surface area contributed by atoms with Gasteiger partial charge in [-0.25, -0.2) is 36.2 Å². The van der Waals surface area contributed by atoms with Crippen molar-refractivity contribution in [1.29, 1.82) is 0 Å². The maximum absolute atomic E-state index is 15.0. The standard InChI is InChI=1S/C33H33ClF2N6O10S2/c1-33(2,3)52-32(43)39-53(4,48)20-21-15-23(41(44)45)18-24(16-21)51-14-8-7-13-40(54(49,50)29-10-6-5-9-27(29)42(46)47)28-17-22(35)11-12-25(28)30-26(36)19-37-31(34)38-30/h5-6,9-12,15-19H,7-8,13-14,20H2,1-4H3. The monoisotopic (exact) mass is 810 g/mol. The highest BCUT2D eigenvalue weighted by Gasteiger charge is 2.34. The van der Waals surface area contributed by atoms with Crippen LogP contribution in [0, 0.1) is 31.9 Å². The minimum Gasteiger partial charge on any atom is -0.493 e. The molecule has 3 aromatic carbocycles. The lowest BCUT2D eigenvalue weighted by molar-refractivity contribution is -0.387. The van der Waals surface area contributed by atoms with Gasteiger partial charge in [0, 0.05) is 30.5 Å². The highest BCUT2D eigenvalue weighted by molar-refractivity contribution is 7.93. The third-order valence-electron chi connectivity index (χ3n) is 7.11. The van der Waals surface area contributed by atoms with Crippen molar-refractivity contribution in [3.8, 4) is 17.0 Å². The van der Waals surface area contributed by atoms with Crippen LogP contribution in [0.4, 0.5) is 30.6 Å². The van der Waals surface area contributed by atoms with E-state index in [2.05, 4.69) is 14.3 Å². The topological polar surface area (TPSA) is 214 Å². The molecule has 0 spiro atoms. The molecule has 0 aliphatic heterocycles. The Morgan fingerprint density at radius 1 is 1.00 bits per heavy atom. The van der Waals surface area contributed by atoms with Crippen molar-refractivity contribution >= 4 is 54.5 Å². The maximum Gasteiger partial charge on any atom is 0.442 e. The van der Waals surface area contributed by atoms with E-state index in [-0.39, 0.29) is 42.1 Å². The summed E-state index contributed by atoms with van der Waals surface area (Å²) in [6.07, 6.45) is 0.896. The molecule has 0 saturated carbocycles. The van der Waals surface area contributed by atoms with Gasteiger partial charge in [0.15, 0.2) is 10.7 Å². The van der Waals surface area contributed by atoms with E-state index in [1.54, 1.807) is 20.8 Å². The quantitative estimate of drug-likeness (QED) is 0.0524. The van der Waals surface area contributed by atoms with Crippen LogP contribution >= 0.6 is 11.6 Å². The second-order valence-electron chi connectivity index (χ2n) is 12.6. The number of carbonyl (C=O) groups is 1. The molecule has 1 atom stereocenters. The Bertz CT molecular complexity index is 2330. The zero-order chi connectivity index (χ0) is 40.0. The number of nitro groups is 2. The first-order valence-corrected chi connectivity index (χ1v) is 19.7. The fourth-order valence-corrected chi connectivity index (χ4v) is 8.01. The Balaban J connectivity index is 1.63. The number of nitro benzene ring substituents is 2. The van der Waals surface area contributed by atoms with Crippen molar-refractivity contribution in [2.75, 3.05) is 23.7 Å². The molecule has 4 rings (SSSR count). The van der Waals surface area contributed by atoms with Gasteiger partial charge in [0.05, 0.1) is 49.9 Å². The number of ether oxygens (including phenoxy) is 2. The lowest BCUT2D eigenvalue weighted by atomic mass is 10.1. The average Bonchev–Trinajstić information content (AvgIpc) is 3.05. The van der Waals surface area contributed by atoms with E-state index in [9.17, 15) is 46.4 Å². The first kappa shape index (κ1) is 41.4. The van der Waals surface area contributed by atoms with Crippen LogP contribution in [-0.4, -0.2) is 63.5 Å². The average molecular weight is 811 g/mol. The molecule has 0 aliphatic carbocycles. The van der Waals surface area contributed by atoms with E-state index in [1.165, 1.54) is 24.5 Å². The van der Waals surface area contributed by atoms with Crippen molar-refractivity contribution in [3.05, 3.63) is 110 Å².